The number of hydrogen-bond acceptors (Lipinski definition) is 7. The Bertz CT molecular complexity index is 563. The molecule has 8 N–H and O–H groups in total. The molecule has 0 spiro atoms. The maximum Gasteiger partial charge on any atom is 0.325 e. The van der Waals surface area contributed by atoms with E-state index < -0.39 is 47.9 Å². The highest BCUT2D eigenvalue weighted by Crippen LogP contribution is 2.10. The molecule has 0 rings (SSSR count). The summed E-state index contributed by atoms with van der Waals surface area (Å²) >= 11 is 3.98. The Kier molecular flexibility index (Phi) is 13.3. The Labute approximate surface area is 177 Å². The Balaban J connectivity index is 5.33. The summed E-state index contributed by atoms with van der Waals surface area (Å²) in [6.45, 7) is 5.41. The molecule has 0 aromatic rings. The molecule has 0 aromatic heterocycles. The zero-order valence-electron chi connectivity index (χ0n) is 17.3. The predicted octanol–water partition coefficient (Wildman–Crippen LogP) is -1.02. The first-order valence-corrected chi connectivity index (χ1v) is 10.4. The molecule has 0 heterocycles. The van der Waals surface area contributed by atoms with Gasteiger partial charge in [0, 0.05) is 5.75 Å². The van der Waals surface area contributed by atoms with Gasteiger partial charge in [-0.2, -0.15) is 12.6 Å². The zero-order chi connectivity index (χ0) is 22.6. The van der Waals surface area contributed by atoms with E-state index in [-0.39, 0.29) is 11.7 Å². The second-order valence-electron chi connectivity index (χ2n) is 7.08. The molecule has 5 atom stereocenters. The average molecular weight is 434 g/mol. The van der Waals surface area contributed by atoms with Crippen LogP contribution in [0.1, 0.15) is 46.5 Å². The molecular formula is C18H35N5O5S. The maximum absolute atomic E-state index is 12.8. The van der Waals surface area contributed by atoms with Crippen LogP contribution in [0.25, 0.3) is 0 Å². The highest BCUT2D eigenvalue weighted by molar-refractivity contribution is 7.80. The van der Waals surface area contributed by atoms with Gasteiger partial charge in [-0.1, -0.05) is 20.3 Å². The molecule has 10 nitrogen and oxygen atoms in total. The third-order valence-corrected chi connectivity index (χ3v) is 5.03. The number of unbranched alkanes of at least 4 members (excludes halogenated alkanes) is 1. The van der Waals surface area contributed by atoms with Crippen molar-refractivity contribution in [2.45, 2.75) is 70.6 Å². The molecule has 168 valence electrons. The molecule has 0 aromatic carbocycles. The number of thiol groups is 1. The molecule has 0 aliphatic rings. The van der Waals surface area contributed by atoms with Crippen molar-refractivity contribution in [3.05, 3.63) is 0 Å². The average Bonchev–Trinajstić information content (AvgIpc) is 2.69. The highest BCUT2D eigenvalue weighted by atomic mass is 32.1. The van der Waals surface area contributed by atoms with Crippen molar-refractivity contribution < 1.29 is 24.3 Å². The van der Waals surface area contributed by atoms with Crippen LogP contribution in [0.2, 0.25) is 0 Å². The fourth-order valence-corrected chi connectivity index (χ4v) is 2.61. The van der Waals surface area contributed by atoms with E-state index in [1.807, 2.05) is 6.92 Å². The van der Waals surface area contributed by atoms with Crippen molar-refractivity contribution in [2.24, 2.45) is 17.4 Å². The first-order valence-electron chi connectivity index (χ1n) is 9.79. The van der Waals surface area contributed by atoms with E-state index in [2.05, 4.69) is 28.6 Å². The summed E-state index contributed by atoms with van der Waals surface area (Å²) in [5.41, 5.74) is 11.2. The van der Waals surface area contributed by atoms with Crippen LogP contribution >= 0.6 is 12.6 Å². The van der Waals surface area contributed by atoms with Gasteiger partial charge in [-0.15, -0.1) is 0 Å². The van der Waals surface area contributed by atoms with Gasteiger partial charge in [-0.3, -0.25) is 19.2 Å². The molecule has 0 aliphatic heterocycles. The van der Waals surface area contributed by atoms with E-state index in [0.717, 1.165) is 0 Å². The van der Waals surface area contributed by atoms with Crippen molar-refractivity contribution in [1.29, 1.82) is 0 Å². The number of aliphatic carboxylic acids is 1. The van der Waals surface area contributed by atoms with Crippen LogP contribution < -0.4 is 27.4 Å². The maximum atomic E-state index is 12.8. The lowest BCUT2D eigenvalue weighted by Gasteiger charge is -2.27. The van der Waals surface area contributed by atoms with Gasteiger partial charge < -0.3 is 32.5 Å². The van der Waals surface area contributed by atoms with Crippen LogP contribution in [0.15, 0.2) is 0 Å². The first kappa shape index (κ1) is 27.1. The Morgan fingerprint density at radius 2 is 1.62 bits per heavy atom. The molecule has 0 aliphatic carbocycles. The number of amides is 3. The van der Waals surface area contributed by atoms with Gasteiger partial charge >= 0.3 is 5.97 Å². The summed E-state index contributed by atoms with van der Waals surface area (Å²) in [4.78, 5) is 48.5. The number of carbonyl (C=O) groups excluding carboxylic acids is 3. The van der Waals surface area contributed by atoms with Crippen molar-refractivity contribution in [1.82, 2.24) is 16.0 Å². The van der Waals surface area contributed by atoms with Gasteiger partial charge in [-0.05, 0) is 38.6 Å². The Morgan fingerprint density at radius 1 is 1.00 bits per heavy atom. The van der Waals surface area contributed by atoms with Crippen molar-refractivity contribution in [2.75, 3.05) is 12.3 Å². The predicted molar refractivity (Wildman–Crippen MR) is 113 cm³/mol. The van der Waals surface area contributed by atoms with Gasteiger partial charge in [-0.25, -0.2) is 0 Å². The summed E-state index contributed by atoms with van der Waals surface area (Å²) < 4.78 is 0. The van der Waals surface area contributed by atoms with E-state index in [9.17, 15) is 19.2 Å². The topological polar surface area (TPSA) is 177 Å². The number of rotatable bonds is 14. The Morgan fingerprint density at radius 3 is 2.10 bits per heavy atom. The molecule has 0 radical (unpaired) electrons. The number of carboxylic acid groups (broad SMARTS) is 1. The number of nitrogens with two attached hydrogens (primary N) is 2. The normalized spacial score (nSPS) is 16.1. The number of hydrogen-bond donors (Lipinski definition) is 7. The molecule has 0 fully saturated rings. The minimum Gasteiger partial charge on any atom is -0.480 e. The van der Waals surface area contributed by atoms with Crippen LogP contribution in [0.3, 0.4) is 0 Å². The summed E-state index contributed by atoms with van der Waals surface area (Å²) in [7, 11) is 0. The quantitative estimate of drug-likeness (QED) is 0.135. The van der Waals surface area contributed by atoms with Crippen molar-refractivity contribution in [3.8, 4) is 0 Å². The van der Waals surface area contributed by atoms with Crippen LogP contribution in [-0.4, -0.2) is 65.3 Å². The van der Waals surface area contributed by atoms with Crippen LogP contribution in [0.4, 0.5) is 0 Å². The molecule has 5 unspecified atom stereocenters. The summed E-state index contributed by atoms with van der Waals surface area (Å²) in [6, 6.07) is -3.80. The molecule has 0 bridgehead atoms. The van der Waals surface area contributed by atoms with Crippen LogP contribution in [-0.2, 0) is 19.2 Å². The SMILES string of the molecule is CCC(C)C(NC(=O)C(CCCCN)NC(=O)C(N)CS)C(=O)NC(C)C(=O)O. The van der Waals surface area contributed by atoms with E-state index in [4.69, 9.17) is 16.6 Å². The lowest BCUT2D eigenvalue weighted by Crippen LogP contribution is -2.58. The lowest BCUT2D eigenvalue weighted by atomic mass is 9.97. The number of nitrogens with one attached hydrogen (secondary N) is 3. The minimum atomic E-state index is -1.18. The van der Waals surface area contributed by atoms with E-state index >= 15 is 0 Å². The Hall–Kier alpha value is -1.85. The smallest absolute Gasteiger partial charge is 0.325 e. The monoisotopic (exact) mass is 433 g/mol. The van der Waals surface area contributed by atoms with Gasteiger partial charge in [0.2, 0.25) is 17.7 Å². The third-order valence-electron chi connectivity index (χ3n) is 4.64. The lowest BCUT2D eigenvalue weighted by molar-refractivity contribution is -0.142. The van der Waals surface area contributed by atoms with Gasteiger partial charge in [0.05, 0.1) is 6.04 Å². The minimum absolute atomic E-state index is 0.119. The third kappa shape index (κ3) is 9.95. The van der Waals surface area contributed by atoms with Crippen molar-refractivity contribution >= 4 is 36.3 Å². The second-order valence-corrected chi connectivity index (χ2v) is 7.44. The van der Waals surface area contributed by atoms with E-state index in [1.165, 1.54) is 6.92 Å². The number of carboxylic acids is 1. The fourth-order valence-electron chi connectivity index (χ4n) is 2.44. The molecule has 29 heavy (non-hydrogen) atoms. The molecule has 0 saturated heterocycles. The molecular weight excluding hydrogens is 398 g/mol. The summed E-state index contributed by atoms with van der Waals surface area (Å²) in [6.07, 6.45) is 2.17. The van der Waals surface area contributed by atoms with Crippen LogP contribution in [0.5, 0.6) is 0 Å². The molecule has 0 saturated carbocycles. The van der Waals surface area contributed by atoms with Gasteiger partial charge in [0.25, 0.3) is 0 Å². The van der Waals surface area contributed by atoms with Crippen LogP contribution in [0, 0.1) is 5.92 Å². The second kappa shape index (κ2) is 14.2. The van der Waals surface area contributed by atoms with Gasteiger partial charge in [0.1, 0.15) is 18.1 Å². The summed E-state index contributed by atoms with van der Waals surface area (Å²) in [5, 5.41) is 16.6. The van der Waals surface area contributed by atoms with Gasteiger partial charge in [0.15, 0.2) is 0 Å². The van der Waals surface area contributed by atoms with E-state index in [1.54, 1.807) is 6.92 Å². The van der Waals surface area contributed by atoms with E-state index in [0.29, 0.717) is 32.2 Å². The fraction of sp³-hybridized carbons (Fsp3) is 0.778. The first-order chi connectivity index (χ1) is 13.6. The number of carbonyl (C=O) groups is 4. The standard InChI is InChI=1S/C18H35N5O5S/c1-4-10(2)14(17(26)21-11(3)18(27)28)23-16(25)13(7-5-6-8-19)22-15(24)12(20)9-29/h10-14,29H,4-9,19-20H2,1-3H3,(H,21,26)(H,22,24)(H,23,25)(H,27,28). The highest BCUT2D eigenvalue weighted by Gasteiger charge is 2.31. The zero-order valence-corrected chi connectivity index (χ0v) is 18.2. The molecule has 3 amide bonds. The molecule has 11 heteroatoms. The summed E-state index contributed by atoms with van der Waals surface area (Å²) in [5.74, 6) is -2.96. The largest absolute Gasteiger partial charge is 0.480 e. The van der Waals surface area contributed by atoms with Crippen molar-refractivity contribution in [3.63, 3.8) is 0 Å².